The van der Waals surface area contributed by atoms with E-state index in [9.17, 15) is 0 Å². The zero-order valence-corrected chi connectivity index (χ0v) is 28.1. The molecule has 234 valence electrons. The number of anilines is 3. The number of benzene rings is 9. The van der Waals surface area contributed by atoms with Crippen LogP contribution < -0.4 is 4.90 Å². The van der Waals surface area contributed by atoms with E-state index in [1.54, 1.807) is 0 Å². The van der Waals surface area contributed by atoms with Crippen LogP contribution in [0.2, 0.25) is 0 Å². The van der Waals surface area contributed by atoms with Gasteiger partial charge in [0.05, 0.1) is 5.69 Å². The van der Waals surface area contributed by atoms with E-state index in [0.29, 0.717) is 0 Å². The van der Waals surface area contributed by atoms with Crippen molar-refractivity contribution < 1.29 is 0 Å². The van der Waals surface area contributed by atoms with Gasteiger partial charge in [0.2, 0.25) is 0 Å². The summed E-state index contributed by atoms with van der Waals surface area (Å²) in [6.07, 6.45) is 0. The molecular weight excluding hydrogens is 623 g/mol. The van der Waals surface area contributed by atoms with Crippen LogP contribution in [0, 0.1) is 0 Å². The zero-order chi connectivity index (χ0) is 33.0. The summed E-state index contributed by atoms with van der Waals surface area (Å²) in [6, 6.07) is 68.8. The maximum Gasteiger partial charge on any atom is 0.0554 e. The maximum atomic E-state index is 2.44. The lowest BCUT2D eigenvalue weighted by atomic mass is 9.93. The van der Waals surface area contributed by atoms with Gasteiger partial charge in [0, 0.05) is 31.5 Å². The van der Waals surface area contributed by atoms with Crippen molar-refractivity contribution in [1.82, 2.24) is 0 Å². The number of hydrogen-bond acceptors (Lipinski definition) is 2. The smallest absolute Gasteiger partial charge is 0.0554 e. The molecule has 0 atom stereocenters. The normalized spacial score (nSPS) is 11.6. The monoisotopic (exact) mass is 653 g/mol. The molecule has 0 radical (unpaired) electrons. The van der Waals surface area contributed by atoms with Gasteiger partial charge in [-0.2, -0.15) is 0 Å². The number of fused-ring (bicyclic) bond motifs is 7. The molecule has 0 unspecified atom stereocenters. The minimum absolute atomic E-state index is 1.12. The Morgan fingerprint density at radius 2 is 0.980 bits per heavy atom. The number of nitrogens with zero attached hydrogens (tertiary/aromatic N) is 1. The molecule has 2 heteroatoms. The summed E-state index contributed by atoms with van der Waals surface area (Å²) in [5.74, 6) is 0. The number of thiophene rings is 1. The van der Waals surface area contributed by atoms with Gasteiger partial charge in [-0.3, -0.25) is 0 Å². The summed E-state index contributed by atoms with van der Waals surface area (Å²) < 4.78 is 2.59. The van der Waals surface area contributed by atoms with Crippen LogP contribution in [0.3, 0.4) is 0 Å². The van der Waals surface area contributed by atoms with Crippen molar-refractivity contribution in [3.63, 3.8) is 0 Å². The Bertz CT molecular complexity index is 2870. The Labute approximate surface area is 294 Å². The topological polar surface area (TPSA) is 3.24 Å². The molecule has 10 aromatic rings. The van der Waals surface area contributed by atoms with Crippen molar-refractivity contribution in [2.75, 3.05) is 4.90 Å². The van der Waals surface area contributed by atoms with Gasteiger partial charge in [-0.05, 0) is 103 Å². The third-order valence-electron chi connectivity index (χ3n) is 10.0. The Morgan fingerprint density at radius 1 is 0.340 bits per heavy atom. The van der Waals surface area contributed by atoms with Crippen molar-refractivity contribution in [3.05, 3.63) is 188 Å². The average Bonchev–Trinajstić information content (AvgIpc) is 3.57. The fraction of sp³-hybridized carbons (Fsp3) is 0. The number of rotatable bonds is 5. The lowest BCUT2D eigenvalue weighted by molar-refractivity contribution is 1.30. The van der Waals surface area contributed by atoms with Gasteiger partial charge in [0.1, 0.15) is 0 Å². The molecule has 0 fully saturated rings. The van der Waals surface area contributed by atoms with Gasteiger partial charge in [-0.1, -0.05) is 140 Å². The fourth-order valence-corrected chi connectivity index (χ4v) is 8.87. The van der Waals surface area contributed by atoms with Crippen molar-refractivity contribution in [1.29, 1.82) is 0 Å². The third kappa shape index (κ3) is 4.69. The van der Waals surface area contributed by atoms with E-state index in [1.165, 1.54) is 80.4 Å². The second-order valence-corrected chi connectivity index (χ2v) is 14.0. The molecule has 0 aliphatic heterocycles. The molecule has 1 nitrogen and oxygen atoms in total. The minimum atomic E-state index is 1.12. The Hall–Kier alpha value is -6.22. The fourth-order valence-electron chi connectivity index (χ4n) is 7.74. The first-order chi connectivity index (χ1) is 24.8. The molecule has 10 rings (SSSR count). The summed E-state index contributed by atoms with van der Waals surface area (Å²) in [4.78, 5) is 2.44. The molecule has 0 spiro atoms. The molecule has 0 amide bonds. The molecule has 0 saturated carbocycles. The zero-order valence-electron chi connectivity index (χ0n) is 27.3. The molecule has 0 saturated heterocycles. The second-order valence-electron chi connectivity index (χ2n) is 12.9. The average molecular weight is 654 g/mol. The summed E-state index contributed by atoms with van der Waals surface area (Å²) in [5, 5.41) is 10.2. The SMILES string of the molecule is c1cc(-c2cccc3ccccc23)cc(N(c2ccc(-c3cc4ccccc4c4ccccc34)cc2)c2cccc3sc4ccccc4c23)c1. The van der Waals surface area contributed by atoms with E-state index in [0.717, 1.165) is 11.4 Å². The van der Waals surface area contributed by atoms with E-state index >= 15 is 0 Å². The molecule has 0 N–H and O–H groups in total. The molecule has 0 aliphatic rings. The van der Waals surface area contributed by atoms with Gasteiger partial charge < -0.3 is 4.90 Å². The molecule has 1 aromatic heterocycles. The van der Waals surface area contributed by atoms with E-state index in [-0.39, 0.29) is 0 Å². The number of hydrogen-bond donors (Lipinski definition) is 0. The van der Waals surface area contributed by atoms with Crippen molar-refractivity contribution >= 4 is 80.9 Å². The summed E-state index contributed by atoms with van der Waals surface area (Å²) in [6.45, 7) is 0. The highest BCUT2D eigenvalue weighted by Gasteiger charge is 2.20. The first-order valence-corrected chi connectivity index (χ1v) is 17.9. The van der Waals surface area contributed by atoms with Crippen LogP contribution in [0.25, 0.3) is 74.7 Å². The summed E-state index contributed by atoms with van der Waals surface area (Å²) in [7, 11) is 0. The highest BCUT2D eigenvalue weighted by atomic mass is 32.1. The first kappa shape index (κ1) is 28.8. The van der Waals surface area contributed by atoms with Crippen LogP contribution in [-0.4, -0.2) is 0 Å². The molecule has 0 bridgehead atoms. The third-order valence-corrected chi connectivity index (χ3v) is 11.2. The lowest BCUT2D eigenvalue weighted by Crippen LogP contribution is -2.10. The largest absolute Gasteiger partial charge is 0.310 e. The standard InChI is InChI=1S/C48H31NS/c1-3-17-38-32(12-1)14-10-22-39(38)34-15-9-16-37(30-34)49(45-23-11-25-47-48(45)43-21-7-8-24-46(43)50-47)36-28-26-33(27-29-36)44-31-35-13-2-4-18-40(35)41-19-5-6-20-42(41)44/h1-31H. The predicted molar refractivity (Wildman–Crippen MR) is 217 cm³/mol. The summed E-state index contributed by atoms with van der Waals surface area (Å²) >= 11 is 1.86. The van der Waals surface area contributed by atoms with Gasteiger partial charge in [-0.25, -0.2) is 0 Å². The first-order valence-electron chi connectivity index (χ1n) is 17.1. The molecule has 0 aliphatic carbocycles. The van der Waals surface area contributed by atoms with E-state index < -0.39 is 0 Å². The van der Waals surface area contributed by atoms with Crippen LogP contribution in [0.5, 0.6) is 0 Å². The van der Waals surface area contributed by atoms with Gasteiger partial charge >= 0.3 is 0 Å². The van der Waals surface area contributed by atoms with Crippen molar-refractivity contribution in [3.8, 4) is 22.3 Å². The van der Waals surface area contributed by atoms with E-state index in [4.69, 9.17) is 0 Å². The molecule has 50 heavy (non-hydrogen) atoms. The lowest BCUT2D eigenvalue weighted by Gasteiger charge is -2.27. The minimum Gasteiger partial charge on any atom is -0.310 e. The Morgan fingerprint density at radius 3 is 1.84 bits per heavy atom. The van der Waals surface area contributed by atoms with Gasteiger partial charge in [-0.15, -0.1) is 11.3 Å². The van der Waals surface area contributed by atoms with Crippen LogP contribution in [-0.2, 0) is 0 Å². The van der Waals surface area contributed by atoms with Crippen LogP contribution >= 0.6 is 11.3 Å². The van der Waals surface area contributed by atoms with E-state index in [1.807, 2.05) is 11.3 Å². The van der Waals surface area contributed by atoms with Gasteiger partial charge in [0.25, 0.3) is 0 Å². The molecule has 1 heterocycles. The second kappa shape index (κ2) is 11.7. The van der Waals surface area contributed by atoms with Gasteiger partial charge in [0.15, 0.2) is 0 Å². The van der Waals surface area contributed by atoms with E-state index in [2.05, 4.69) is 193 Å². The molecule has 9 aromatic carbocycles. The summed E-state index contributed by atoms with van der Waals surface area (Å²) in [5.41, 5.74) is 8.33. The highest BCUT2D eigenvalue weighted by Crippen LogP contribution is 2.46. The quantitative estimate of drug-likeness (QED) is 0.167. The van der Waals surface area contributed by atoms with Crippen molar-refractivity contribution in [2.45, 2.75) is 0 Å². The van der Waals surface area contributed by atoms with Crippen LogP contribution in [0.1, 0.15) is 0 Å². The Balaban J connectivity index is 1.18. The van der Waals surface area contributed by atoms with Crippen molar-refractivity contribution in [2.24, 2.45) is 0 Å². The maximum absolute atomic E-state index is 2.44. The predicted octanol–water partition coefficient (Wildman–Crippen LogP) is 14.3. The highest BCUT2D eigenvalue weighted by molar-refractivity contribution is 7.26. The Kier molecular flexibility index (Phi) is 6.75. The van der Waals surface area contributed by atoms with Crippen LogP contribution in [0.15, 0.2) is 188 Å². The van der Waals surface area contributed by atoms with Crippen LogP contribution in [0.4, 0.5) is 17.1 Å². The molecular formula is C48H31NS.